The molecule has 0 atom stereocenters. The molecule has 2 aromatic heterocycles. The molecule has 50 heavy (non-hydrogen) atoms. The van der Waals surface area contributed by atoms with Crippen molar-refractivity contribution in [3.63, 3.8) is 0 Å². The molecule has 0 N–H and O–H groups in total. The van der Waals surface area contributed by atoms with Crippen LogP contribution in [0, 0.1) is 6.92 Å². The Balaban J connectivity index is 1.35. The molecule has 10 aromatic rings. The third-order valence-corrected chi connectivity index (χ3v) is 7.54. The van der Waals surface area contributed by atoms with Crippen LogP contribution in [-0.2, 0) is 0 Å². The van der Waals surface area contributed by atoms with Crippen LogP contribution in [0.3, 0.4) is 0 Å². The third kappa shape index (κ3) is 4.65. The Hall–Kier alpha value is -6.65. The zero-order valence-corrected chi connectivity index (χ0v) is 24.8. The number of hydrogen-bond acceptors (Lipinski definition) is 4. The van der Waals surface area contributed by atoms with Crippen molar-refractivity contribution in [2.45, 2.75) is 0 Å². The van der Waals surface area contributed by atoms with Gasteiger partial charge in [-0.1, -0.05) is 96.7 Å². The number of anilines is 3. The van der Waals surface area contributed by atoms with Gasteiger partial charge in [0.15, 0.2) is 5.58 Å². The maximum Gasteiger partial charge on any atom is 0.228 e. The standard InChI is InChI=1S/C46H28N2O2/c1-29-17-18-33-26-34(20-19-32(33)25-29)31-10-7-13-36(27-31)48(35-11-3-2-4-12-35)37-22-23-39-43(28-37)49-41-16-8-15-40(44(39)41)46-47-45-38-14-6-5-9-30(38)21-24-42(45)50-46/h1-28H/i2D,3D,4D,5D,6D,7D,8D,9D,10D,11D,12D,13D,14D,15D,16D,17D,18D,19D,20D,21D,22D,23D,24D,25D,26D,27D,28D. The van der Waals surface area contributed by atoms with E-state index >= 15 is 0 Å². The molecule has 0 bridgehead atoms. The van der Waals surface area contributed by atoms with Crippen molar-refractivity contribution in [3.8, 4) is 22.6 Å². The molecule has 0 aliphatic carbocycles. The van der Waals surface area contributed by atoms with Crippen LogP contribution < -0.4 is 4.90 Å². The summed E-state index contributed by atoms with van der Waals surface area (Å²) in [5, 5.41) is -2.99. The molecule has 2 heterocycles. The first-order chi connectivity index (χ1) is 35.9. The first kappa shape index (κ1) is 12.3. The Morgan fingerprint density at radius 1 is 0.500 bits per heavy atom. The van der Waals surface area contributed by atoms with Crippen molar-refractivity contribution < 1.29 is 45.8 Å². The molecular weight excluding hydrogens is 613 g/mol. The summed E-state index contributed by atoms with van der Waals surface area (Å²) >= 11 is 0. The SMILES string of the molecule is [2H]c1c([2H])c([2H])c(N(c2c([2H])c([2H])c([2H])c(-c3c([2H])c([2H])c4c([2H])c([CH])c([2H])c([2H])c4c3[2H])c2[2H])c2c([2H])c([2H])c3c(oc4c([2H])c([2H])c([2H])c(-c5nc6c(o5)c([2H])c([2H])c5c([2H])c([2H])c([2H])c([2H])c56)c43)c2[2H])c([2H])c1[2H]. The van der Waals surface area contributed by atoms with E-state index in [9.17, 15) is 8.22 Å². The van der Waals surface area contributed by atoms with Crippen LogP contribution in [0.1, 0.15) is 42.6 Å². The molecule has 10 rings (SSSR count). The predicted octanol–water partition coefficient (Wildman–Crippen LogP) is 12.9. The molecule has 0 aliphatic rings. The van der Waals surface area contributed by atoms with Gasteiger partial charge in [-0.2, -0.15) is 0 Å². The van der Waals surface area contributed by atoms with Gasteiger partial charge in [0, 0.05) is 44.8 Å². The van der Waals surface area contributed by atoms with Gasteiger partial charge < -0.3 is 13.7 Å². The van der Waals surface area contributed by atoms with Crippen molar-refractivity contribution >= 4 is 71.6 Å². The van der Waals surface area contributed by atoms with E-state index in [4.69, 9.17) is 44.5 Å². The van der Waals surface area contributed by atoms with Crippen molar-refractivity contribution in [2.75, 3.05) is 4.90 Å². The van der Waals surface area contributed by atoms with Crippen molar-refractivity contribution in [1.82, 2.24) is 4.98 Å². The van der Waals surface area contributed by atoms with Crippen molar-refractivity contribution in [3.05, 3.63) is 176 Å². The highest BCUT2D eigenvalue weighted by Gasteiger charge is 2.20. The number of furan rings is 1. The highest BCUT2D eigenvalue weighted by Crippen LogP contribution is 2.42. The van der Waals surface area contributed by atoms with E-state index in [0.717, 1.165) is 0 Å². The minimum Gasteiger partial charge on any atom is -0.456 e. The number of oxazole rings is 1. The van der Waals surface area contributed by atoms with Gasteiger partial charge in [0.2, 0.25) is 5.89 Å². The molecule has 2 radical (unpaired) electrons. The summed E-state index contributed by atoms with van der Waals surface area (Å²) in [6.07, 6.45) is 0. The molecule has 4 nitrogen and oxygen atoms in total. The number of fused-ring (bicyclic) bond motifs is 7. The van der Waals surface area contributed by atoms with Crippen LogP contribution in [0.5, 0.6) is 0 Å². The maximum absolute atomic E-state index is 9.75. The lowest BCUT2D eigenvalue weighted by Gasteiger charge is -2.26. The Morgan fingerprint density at radius 2 is 1.26 bits per heavy atom. The van der Waals surface area contributed by atoms with Crippen LogP contribution in [0.2, 0.25) is 0 Å². The lowest BCUT2D eigenvalue weighted by Crippen LogP contribution is -2.09. The number of aromatic nitrogens is 1. The Morgan fingerprint density at radius 3 is 2.20 bits per heavy atom. The highest BCUT2D eigenvalue weighted by atomic mass is 16.3. The fourth-order valence-electron chi connectivity index (χ4n) is 5.37. The smallest absolute Gasteiger partial charge is 0.228 e. The second-order valence-corrected chi connectivity index (χ2v) is 10.5. The van der Waals surface area contributed by atoms with Crippen LogP contribution >= 0.6 is 0 Å². The molecule has 8 aromatic carbocycles. The van der Waals surface area contributed by atoms with Gasteiger partial charge in [-0.25, -0.2) is 4.98 Å². The minimum atomic E-state index is -1.18. The maximum atomic E-state index is 9.75. The molecule has 4 heteroatoms. The molecule has 0 fully saturated rings. The number of benzene rings is 8. The fraction of sp³-hybridized carbons (Fsp3) is 0. The summed E-state index contributed by atoms with van der Waals surface area (Å²) in [5.41, 5.74) is -8.43. The van der Waals surface area contributed by atoms with E-state index in [-0.39, 0.29) is 5.39 Å². The second kappa shape index (κ2) is 11.2. The summed E-state index contributed by atoms with van der Waals surface area (Å²) in [5.74, 6) is -0.684. The van der Waals surface area contributed by atoms with Crippen molar-refractivity contribution in [2.24, 2.45) is 0 Å². The summed E-state index contributed by atoms with van der Waals surface area (Å²) < 4.78 is 252. The lowest BCUT2D eigenvalue weighted by atomic mass is 9.99. The van der Waals surface area contributed by atoms with Gasteiger partial charge in [-0.3, -0.25) is 0 Å². The zero-order valence-electron chi connectivity index (χ0n) is 51.8. The lowest BCUT2D eigenvalue weighted by molar-refractivity contribution is 0.620. The van der Waals surface area contributed by atoms with Crippen molar-refractivity contribution in [1.29, 1.82) is 0 Å². The number of nitrogens with zero attached hydrogens (tertiary/aromatic N) is 2. The topological polar surface area (TPSA) is 42.4 Å². The van der Waals surface area contributed by atoms with Crippen LogP contribution in [0.15, 0.2) is 172 Å². The van der Waals surface area contributed by atoms with Gasteiger partial charge >= 0.3 is 0 Å². The minimum absolute atomic E-state index is 0.362. The number of para-hydroxylation sites is 1. The molecule has 234 valence electrons. The largest absolute Gasteiger partial charge is 0.456 e. The number of hydrogen-bond donors (Lipinski definition) is 0. The van der Waals surface area contributed by atoms with E-state index in [0.29, 0.717) is 4.90 Å². The van der Waals surface area contributed by atoms with E-state index in [1.807, 2.05) is 0 Å². The summed E-state index contributed by atoms with van der Waals surface area (Å²) in [6.45, 7) is 5.88. The van der Waals surface area contributed by atoms with E-state index in [2.05, 4.69) is 4.98 Å². The van der Waals surface area contributed by atoms with Gasteiger partial charge in [0.1, 0.15) is 16.7 Å². The van der Waals surface area contributed by atoms with Gasteiger partial charge in [0.25, 0.3) is 0 Å². The molecule has 0 aliphatic heterocycles. The predicted molar refractivity (Wildman–Crippen MR) is 205 cm³/mol. The molecule has 0 saturated carbocycles. The quantitative estimate of drug-likeness (QED) is 0.183. The average Bonchev–Trinajstić information content (AvgIpc) is 4.02. The first-order valence-electron chi connectivity index (χ1n) is 28.0. The molecular formula is C46H28N2O2. The van der Waals surface area contributed by atoms with Crippen LogP contribution in [0.4, 0.5) is 17.1 Å². The van der Waals surface area contributed by atoms with Gasteiger partial charge in [-0.15, -0.1) is 0 Å². The normalized spacial score (nSPS) is 19.3. The summed E-state index contributed by atoms with van der Waals surface area (Å²) in [7, 11) is 0. The van der Waals surface area contributed by atoms with E-state index < -0.39 is 258 Å². The molecule has 0 spiro atoms. The Bertz CT molecular complexity index is 4420. The monoisotopic (exact) mass is 667 g/mol. The van der Waals surface area contributed by atoms with E-state index in [1.54, 1.807) is 0 Å². The van der Waals surface area contributed by atoms with Gasteiger partial charge in [-0.05, 0) is 100 Å². The highest BCUT2D eigenvalue weighted by molar-refractivity contribution is 6.13. The Kier molecular flexibility index (Phi) is 2.77. The van der Waals surface area contributed by atoms with Crippen LogP contribution in [-0.4, -0.2) is 4.98 Å². The van der Waals surface area contributed by atoms with Gasteiger partial charge in [0.05, 0.1) is 37.0 Å². The first-order valence-corrected chi connectivity index (χ1v) is 14.5. The summed E-state index contributed by atoms with van der Waals surface area (Å²) in [6, 6.07) is -24.9. The number of rotatable bonds is 5. The molecule has 0 saturated heterocycles. The summed E-state index contributed by atoms with van der Waals surface area (Å²) in [4.78, 5) is 4.80. The average molecular weight is 668 g/mol. The third-order valence-electron chi connectivity index (χ3n) is 7.54. The molecule has 0 amide bonds. The Labute approximate surface area is 326 Å². The molecule has 0 unspecified atom stereocenters. The zero-order chi connectivity index (χ0) is 56.7. The second-order valence-electron chi connectivity index (χ2n) is 10.5. The van der Waals surface area contributed by atoms with Crippen LogP contribution in [0.25, 0.3) is 77.2 Å². The fourth-order valence-corrected chi connectivity index (χ4v) is 5.37. The van der Waals surface area contributed by atoms with E-state index in [1.165, 1.54) is 0 Å².